The molecule has 9 heteroatoms. The molecule has 0 saturated carbocycles. The molecule has 0 radical (unpaired) electrons. The van der Waals surface area contributed by atoms with E-state index in [9.17, 15) is 14.9 Å². The molecule has 1 aromatic carbocycles. The van der Waals surface area contributed by atoms with Crippen LogP contribution in [0.5, 0.6) is 0 Å². The summed E-state index contributed by atoms with van der Waals surface area (Å²) in [5, 5.41) is 20.2. The van der Waals surface area contributed by atoms with Crippen molar-refractivity contribution in [2.24, 2.45) is 5.73 Å². The van der Waals surface area contributed by atoms with Crippen LogP contribution in [0.3, 0.4) is 0 Å². The van der Waals surface area contributed by atoms with Crippen LogP contribution in [0.2, 0.25) is 0 Å². The van der Waals surface area contributed by atoms with E-state index < -0.39 is 10.8 Å². The van der Waals surface area contributed by atoms with Crippen LogP contribution in [0.1, 0.15) is 15.9 Å². The fraction of sp³-hybridized carbons (Fsp3) is 0.0909. The van der Waals surface area contributed by atoms with Gasteiger partial charge in [0.25, 0.3) is 5.69 Å². The Bertz CT molecular complexity index is 666. The van der Waals surface area contributed by atoms with Gasteiger partial charge in [-0.15, -0.1) is 0 Å². The summed E-state index contributed by atoms with van der Waals surface area (Å²) in [7, 11) is 0. The average Bonchev–Trinajstić information content (AvgIpc) is 2.81. The smallest absolute Gasteiger partial charge is 0.293 e. The number of nitrogens with zero attached hydrogens (tertiary/aromatic N) is 2. The van der Waals surface area contributed by atoms with Gasteiger partial charge < -0.3 is 16.8 Å². The Morgan fingerprint density at radius 3 is 2.80 bits per heavy atom. The number of nitro groups is 1. The topological polar surface area (TPSA) is 153 Å². The van der Waals surface area contributed by atoms with Gasteiger partial charge >= 0.3 is 0 Å². The van der Waals surface area contributed by atoms with Crippen molar-refractivity contribution < 1.29 is 9.72 Å². The van der Waals surface area contributed by atoms with E-state index in [0.717, 1.165) is 6.07 Å². The number of carbonyl (C=O) groups excluding carboxylic acids is 1. The van der Waals surface area contributed by atoms with Gasteiger partial charge in [-0.3, -0.25) is 20.0 Å². The van der Waals surface area contributed by atoms with Crippen LogP contribution >= 0.6 is 0 Å². The zero-order valence-electron chi connectivity index (χ0n) is 10.3. The van der Waals surface area contributed by atoms with Gasteiger partial charge in [-0.1, -0.05) is 0 Å². The molecule has 104 valence electrons. The van der Waals surface area contributed by atoms with E-state index >= 15 is 0 Å². The summed E-state index contributed by atoms with van der Waals surface area (Å²) in [4.78, 5) is 21.4. The predicted molar refractivity (Wildman–Crippen MR) is 71.9 cm³/mol. The summed E-state index contributed by atoms with van der Waals surface area (Å²) >= 11 is 0. The van der Waals surface area contributed by atoms with E-state index in [1.807, 2.05) is 0 Å². The third kappa shape index (κ3) is 2.66. The summed E-state index contributed by atoms with van der Waals surface area (Å²) < 4.78 is 0. The number of nitrogens with two attached hydrogens (primary N) is 2. The van der Waals surface area contributed by atoms with Gasteiger partial charge in [0.15, 0.2) is 0 Å². The Balaban J connectivity index is 2.25. The van der Waals surface area contributed by atoms with Gasteiger partial charge in [0, 0.05) is 23.7 Å². The molecule has 1 amide bonds. The number of hydrogen-bond acceptors (Lipinski definition) is 6. The molecule has 0 bridgehead atoms. The maximum absolute atomic E-state index is 11.0. The fourth-order valence-corrected chi connectivity index (χ4v) is 1.64. The highest BCUT2D eigenvalue weighted by atomic mass is 16.6. The summed E-state index contributed by atoms with van der Waals surface area (Å²) in [6, 6.07) is 3.97. The molecule has 0 spiro atoms. The molecule has 0 saturated heterocycles. The molecule has 0 atom stereocenters. The van der Waals surface area contributed by atoms with Crippen LogP contribution in [0.15, 0.2) is 24.4 Å². The van der Waals surface area contributed by atoms with E-state index in [2.05, 4.69) is 15.5 Å². The number of carbonyl (C=O) groups is 1. The maximum atomic E-state index is 11.0. The molecule has 6 N–H and O–H groups in total. The Hall–Kier alpha value is -3.10. The Labute approximate surface area is 113 Å². The summed E-state index contributed by atoms with van der Waals surface area (Å²) in [5.41, 5.74) is 11.5. The van der Waals surface area contributed by atoms with Crippen molar-refractivity contribution in [1.82, 2.24) is 10.2 Å². The number of primary amides is 1. The molecule has 0 aliphatic heterocycles. The van der Waals surface area contributed by atoms with Crippen molar-refractivity contribution in [3.63, 3.8) is 0 Å². The largest absolute Gasteiger partial charge is 0.384 e. The average molecular weight is 276 g/mol. The number of benzene rings is 1. The zero-order valence-corrected chi connectivity index (χ0v) is 10.3. The monoisotopic (exact) mass is 276 g/mol. The molecule has 0 unspecified atom stereocenters. The molecular weight excluding hydrogens is 264 g/mol. The molecule has 0 fully saturated rings. The van der Waals surface area contributed by atoms with Crippen LogP contribution in [0.4, 0.5) is 17.2 Å². The Kier molecular flexibility index (Phi) is 3.51. The SMILES string of the molecule is NC(=O)c1ccc(NCc2cn[nH]c2N)c([N+](=O)[O-])c1. The van der Waals surface area contributed by atoms with E-state index in [1.54, 1.807) is 0 Å². The number of aromatic amines is 1. The third-order valence-electron chi connectivity index (χ3n) is 2.70. The fourth-order valence-electron chi connectivity index (χ4n) is 1.64. The number of nitrogen functional groups attached to an aromatic ring is 1. The first-order chi connectivity index (χ1) is 9.49. The molecule has 20 heavy (non-hydrogen) atoms. The first-order valence-electron chi connectivity index (χ1n) is 5.59. The second-order valence-corrected chi connectivity index (χ2v) is 4.02. The lowest BCUT2D eigenvalue weighted by atomic mass is 10.1. The van der Waals surface area contributed by atoms with Crippen molar-refractivity contribution in [1.29, 1.82) is 0 Å². The molecular formula is C11H12N6O3. The highest BCUT2D eigenvalue weighted by Gasteiger charge is 2.16. The van der Waals surface area contributed by atoms with E-state index in [-0.39, 0.29) is 23.5 Å². The van der Waals surface area contributed by atoms with Gasteiger partial charge in [-0.2, -0.15) is 5.10 Å². The normalized spacial score (nSPS) is 10.2. The minimum atomic E-state index is -0.723. The lowest BCUT2D eigenvalue weighted by Crippen LogP contribution is -2.12. The number of hydrogen-bond donors (Lipinski definition) is 4. The van der Waals surface area contributed by atoms with Gasteiger partial charge in [0.2, 0.25) is 5.91 Å². The Morgan fingerprint density at radius 2 is 2.25 bits per heavy atom. The predicted octanol–water partition coefficient (Wildman–Crippen LogP) is 0.611. The van der Waals surface area contributed by atoms with Gasteiger partial charge in [-0.25, -0.2) is 0 Å². The van der Waals surface area contributed by atoms with Crippen LogP contribution < -0.4 is 16.8 Å². The van der Waals surface area contributed by atoms with Crippen molar-refractivity contribution in [2.45, 2.75) is 6.54 Å². The Morgan fingerprint density at radius 1 is 1.50 bits per heavy atom. The quantitative estimate of drug-likeness (QED) is 0.463. The van der Waals surface area contributed by atoms with Crippen LogP contribution in [0.25, 0.3) is 0 Å². The van der Waals surface area contributed by atoms with E-state index in [1.165, 1.54) is 18.3 Å². The second-order valence-electron chi connectivity index (χ2n) is 4.02. The minimum Gasteiger partial charge on any atom is -0.384 e. The summed E-state index contributed by atoms with van der Waals surface area (Å²) in [6.45, 7) is 0.263. The van der Waals surface area contributed by atoms with Gasteiger partial charge in [0.1, 0.15) is 11.5 Å². The lowest BCUT2D eigenvalue weighted by molar-refractivity contribution is -0.384. The second kappa shape index (κ2) is 5.26. The van der Waals surface area contributed by atoms with Crippen LogP contribution in [0, 0.1) is 10.1 Å². The van der Waals surface area contributed by atoms with Crippen molar-refractivity contribution in [3.8, 4) is 0 Å². The van der Waals surface area contributed by atoms with Crippen molar-refractivity contribution >= 4 is 23.1 Å². The molecule has 1 heterocycles. The number of amides is 1. The van der Waals surface area contributed by atoms with E-state index in [0.29, 0.717) is 11.4 Å². The summed E-state index contributed by atoms with van der Waals surface area (Å²) in [5.74, 6) is -0.340. The molecule has 2 aromatic rings. The molecule has 0 aliphatic carbocycles. The number of anilines is 2. The maximum Gasteiger partial charge on any atom is 0.293 e. The number of nitro benzene ring substituents is 1. The minimum absolute atomic E-state index is 0.0741. The standard InChI is InChI=1S/C11H12N6O3/c12-10-7(5-15-16-10)4-14-8-2-1-6(11(13)18)3-9(8)17(19)20/h1-3,5,14H,4H2,(H2,13,18)(H3,12,15,16). The van der Waals surface area contributed by atoms with Gasteiger partial charge in [-0.05, 0) is 12.1 Å². The van der Waals surface area contributed by atoms with E-state index in [4.69, 9.17) is 11.5 Å². The number of nitrogens with one attached hydrogen (secondary N) is 2. The van der Waals surface area contributed by atoms with Crippen molar-refractivity contribution in [3.05, 3.63) is 45.6 Å². The highest BCUT2D eigenvalue weighted by molar-refractivity contribution is 5.94. The first kappa shape index (κ1) is 13.3. The summed E-state index contributed by atoms with van der Waals surface area (Å²) in [6.07, 6.45) is 1.52. The van der Waals surface area contributed by atoms with Gasteiger partial charge in [0.05, 0.1) is 11.1 Å². The third-order valence-corrected chi connectivity index (χ3v) is 2.70. The molecule has 2 rings (SSSR count). The lowest BCUT2D eigenvalue weighted by Gasteiger charge is -2.07. The molecule has 1 aromatic heterocycles. The van der Waals surface area contributed by atoms with Crippen molar-refractivity contribution in [2.75, 3.05) is 11.1 Å². The number of aromatic nitrogens is 2. The van der Waals surface area contributed by atoms with Crippen LogP contribution in [-0.4, -0.2) is 21.0 Å². The zero-order chi connectivity index (χ0) is 14.7. The number of H-pyrrole nitrogens is 1. The highest BCUT2D eigenvalue weighted by Crippen LogP contribution is 2.26. The van der Waals surface area contributed by atoms with Crippen LogP contribution in [-0.2, 0) is 6.54 Å². The molecule has 0 aliphatic rings. The molecule has 9 nitrogen and oxygen atoms in total. The number of rotatable bonds is 5. The first-order valence-corrected chi connectivity index (χ1v) is 5.59.